The highest BCUT2D eigenvalue weighted by atomic mass is 79.9. The zero-order chi connectivity index (χ0) is 92.4. The van der Waals surface area contributed by atoms with E-state index in [1.807, 2.05) is 140 Å². The number of aliphatic hydroxyl groups excluding tert-OH is 4. The number of halogens is 9. The highest BCUT2D eigenvalue weighted by molar-refractivity contribution is 9.11. The number of primary amides is 1. The second kappa shape index (κ2) is 37.0. The fourth-order valence-electron chi connectivity index (χ4n) is 21.8. The van der Waals surface area contributed by atoms with E-state index in [-0.39, 0.29) is 110 Å². The van der Waals surface area contributed by atoms with Gasteiger partial charge in [0, 0.05) is 77.7 Å². The van der Waals surface area contributed by atoms with Crippen LogP contribution in [0.25, 0.3) is 0 Å². The number of hydrogen-bond acceptors (Lipinski definition) is 25. The number of carboxylic acids is 1. The van der Waals surface area contributed by atoms with Crippen LogP contribution in [0.3, 0.4) is 0 Å². The van der Waals surface area contributed by atoms with E-state index in [1.54, 1.807) is 91.0 Å². The van der Waals surface area contributed by atoms with Gasteiger partial charge in [-0.3, -0.25) is 9.59 Å². The summed E-state index contributed by atoms with van der Waals surface area (Å²) in [5.41, 5.74) is 10.2. The van der Waals surface area contributed by atoms with Gasteiger partial charge in [0.05, 0.1) is 74.7 Å². The number of ether oxygens (including phenoxy) is 8. The number of carbonyl (C=O) groups excluding carboxylic acids is 1. The monoisotopic (exact) mass is 2150 g/mol. The first-order valence-corrected chi connectivity index (χ1v) is 45.5. The Morgan fingerprint density at radius 2 is 0.576 bits per heavy atom. The third-order valence-electron chi connectivity index (χ3n) is 26.7. The minimum Gasteiger partial charge on any atom is -0.481 e. The van der Waals surface area contributed by atoms with Crippen molar-refractivity contribution in [2.24, 2.45) is 40.9 Å². The first kappa shape index (κ1) is 97.2. The normalized spacial score (nSPS) is 29.7. The molecule has 20 rings (SSSR count). The lowest BCUT2D eigenvalue weighted by Gasteiger charge is -2.40. The van der Waals surface area contributed by atoms with Crippen LogP contribution in [0.4, 0.5) is 0 Å². The number of carbonyl (C=O) groups is 2. The summed E-state index contributed by atoms with van der Waals surface area (Å²) >= 11 is 38.6. The number of amides is 1. The molecule has 4 fully saturated rings. The summed E-state index contributed by atoms with van der Waals surface area (Å²) in [7, 11) is 5.62. The van der Waals surface area contributed by atoms with E-state index < -0.39 is 128 Å². The SMILES string of the molecule is COc1nc(Cl)cc2c1[C@]1(O)[C@H](O)[C@H](C(=O)O)[C@@H](c3ccccc3)[C@]1(c1ccc(Br)cc1)O2.COc1nc(Cl)cc2c1[C@]1(O)[C@H](O)[C@H](C(N)=O)[C@@H](c3ccccc3)[C@]1(c1ccc(Br)cc1)O2.COc1nc(Cl)cc2c1[C@]1(O)[C@H](O)[C@H](CN)[C@@H](c3ccccc3)[C@]1(c1ccc(Br)cc1)O2.COc1nc(Cl)cc2c1[C@]1(O)[C@H](O)[C@H](CN)[C@@H](c3ccccc3)[C@]1(c1ccc(Br)cc1)O2.Cl.N. The zero-order valence-corrected chi connectivity index (χ0v) is 80.4. The van der Waals surface area contributed by atoms with Gasteiger partial charge >= 0.3 is 5.97 Å². The molecule has 132 heavy (non-hydrogen) atoms. The number of aliphatic carboxylic acids is 1. The molecule has 0 unspecified atom stereocenters. The highest BCUT2D eigenvalue weighted by Crippen LogP contribution is 2.75. The predicted octanol–water partition coefficient (Wildman–Crippen LogP) is 15.1. The van der Waals surface area contributed by atoms with Crippen LogP contribution >= 0.6 is 123 Å². The zero-order valence-electron chi connectivity index (χ0n) is 70.2. The number of carboxylic acid groups (broad SMARTS) is 1. The van der Waals surface area contributed by atoms with Gasteiger partial charge in [-0.2, -0.15) is 0 Å². The molecule has 12 aromatic rings. The van der Waals surface area contributed by atoms with Crippen molar-refractivity contribution in [2.75, 3.05) is 41.5 Å². The highest BCUT2D eigenvalue weighted by Gasteiger charge is 2.82. The number of fused-ring (bicyclic) bond motifs is 12. The summed E-state index contributed by atoms with van der Waals surface area (Å²) in [6.45, 7) is 0.284. The molecule has 36 heteroatoms. The molecule has 8 aliphatic rings. The minimum absolute atomic E-state index is 0. The van der Waals surface area contributed by atoms with Crippen molar-refractivity contribution < 1.29 is 93.4 Å². The molecule has 4 aliphatic carbocycles. The van der Waals surface area contributed by atoms with Crippen molar-refractivity contribution in [1.29, 1.82) is 0 Å². The number of pyridine rings is 4. The molecular weight excluding hydrogens is 2070 g/mol. The number of aromatic nitrogens is 4. The molecule has 27 nitrogen and oxygen atoms in total. The van der Waals surface area contributed by atoms with Crippen LogP contribution in [0.1, 0.15) is 90.4 Å². The van der Waals surface area contributed by atoms with Gasteiger partial charge < -0.3 is 107 Å². The number of methoxy groups -OCH3 is 4. The molecule has 4 saturated carbocycles. The second-order valence-corrected chi connectivity index (χ2v) is 37.9. The Balaban J connectivity index is 0.000000134. The number of benzene rings is 8. The fourth-order valence-corrected chi connectivity index (χ4v) is 23.6. The molecule has 8 heterocycles. The summed E-state index contributed by atoms with van der Waals surface area (Å²) in [4.78, 5) is 42.1. The maximum absolute atomic E-state index is 12.7. The third kappa shape index (κ3) is 14.4. The number of hydrogen-bond donors (Lipinski definition) is 13. The Labute approximate surface area is 816 Å². The van der Waals surface area contributed by atoms with E-state index >= 15 is 0 Å². The molecule has 0 saturated heterocycles. The van der Waals surface area contributed by atoms with Gasteiger partial charge in [0.25, 0.3) is 0 Å². The van der Waals surface area contributed by atoms with Crippen LogP contribution in [-0.4, -0.2) is 144 Å². The fraction of sp³-hybridized carbons (Fsp3) is 0.271. The Morgan fingerprint density at radius 3 is 0.795 bits per heavy atom. The number of nitrogens with two attached hydrogens (primary N) is 3. The quantitative estimate of drug-likeness (QED) is 0.0400. The van der Waals surface area contributed by atoms with Crippen molar-refractivity contribution in [3.63, 3.8) is 0 Å². The molecule has 1 amide bonds. The maximum atomic E-state index is 12.7. The molecule has 4 aromatic heterocycles. The first-order valence-electron chi connectivity index (χ1n) is 40.8. The average molecular weight is 2150 g/mol. The van der Waals surface area contributed by atoms with Gasteiger partial charge in [0.15, 0.2) is 44.8 Å². The number of nitrogens with zero attached hydrogens (tertiary/aromatic N) is 4. The van der Waals surface area contributed by atoms with E-state index in [1.165, 1.54) is 40.6 Å². The summed E-state index contributed by atoms with van der Waals surface area (Å²) in [5.74, 6) is -7.14. The molecular formula is C96H87Br4Cl5N8O19. The van der Waals surface area contributed by atoms with Crippen LogP contribution in [0.2, 0.25) is 20.6 Å². The smallest absolute Gasteiger partial charge is 0.310 e. The van der Waals surface area contributed by atoms with Crippen LogP contribution in [0, 0.1) is 23.7 Å². The summed E-state index contributed by atoms with van der Waals surface area (Å²) in [6, 6.07) is 72.5. The van der Waals surface area contributed by atoms with Crippen LogP contribution in [-0.2, 0) is 54.4 Å². The van der Waals surface area contributed by atoms with E-state index in [0.717, 1.165) is 29.0 Å². The van der Waals surface area contributed by atoms with Gasteiger partial charge in [-0.1, -0.05) is 280 Å². The Morgan fingerprint density at radius 1 is 0.364 bits per heavy atom. The number of rotatable bonds is 16. The van der Waals surface area contributed by atoms with E-state index in [4.69, 9.17) is 101 Å². The maximum Gasteiger partial charge on any atom is 0.310 e. The second-order valence-electron chi connectivity index (χ2n) is 32.7. The summed E-state index contributed by atoms with van der Waals surface area (Å²) in [5, 5.41) is 107. The molecule has 4 aliphatic heterocycles. The van der Waals surface area contributed by atoms with Crippen LogP contribution in [0.15, 0.2) is 261 Å². The largest absolute Gasteiger partial charge is 0.481 e. The van der Waals surface area contributed by atoms with Gasteiger partial charge in [0.2, 0.25) is 29.4 Å². The molecule has 20 atom stereocenters. The first-order chi connectivity index (χ1) is 62.3. The van der Waals surface area contributed by atoms with Gasteiger partial charge in [-0.25, -0.2) is 19.9 Å². The van der Waals surface area contributed by atoms with Crippen molar-refractivity contribution in [2.45, 2.75) is 92.9 Å². The lowest BCUT2D eigenvalue weighted by molar-refractivity contribution is -0.159. The van der Waals surface area contributed by atoms with Gasteiger partial charge in [0.1, 0.15) is 55.8 Å². The Hall–Kier alpha value is -9.37. The Bertz CT molecular complexity index is 5950. The number of aliphatic hydroxyl groups is 8. The average Bonchev–Trinajstić information content (AvgIpc) is 1.53. The third-order valence-corrected chi connectivity index (χ3v) is 29.6. The lowest BCUT2D eigenvalue weighted by atomic mass is 9.71. The van der Waals surface area contributed by atoms with Gasteiger partial charge in [-0.15, -0.1) is 12.4 Å². The predicted molar refractivity (Wildman–Crippen MR) is 507 cm³/mol. The minimum atomic E-state index is -2.21. The van der Waals surface area contributed by atoms with Crippen molar-refractivity contribution >= 4 is 134 Å². The molecule has 688 valence electrons. The summed E-state index contributed by atoms with van der Waals surface area (Å²) in [6.07, 6.45) is -5.87. The summed E-state index contributed by atoms with van der Waals surface area (Å²) < 4.78 is 51.5. The topological polar surface area (TPSA) is 455 Å². The van der Waals surface area contributed by atoms with Crippen molar-refractivity contribution in [3.05, 3.63) is 348 Å². The van der Waals surface area contributed by atoms with Crippen LogP contribution < -0.4 is 61.2 Å². The molecule has 8 aromatic carbocycles. The Kier molecular flexibility index (Phi) is 27.3. The molecule has 0 spiro atoms. The lowest BCUT2D eigenvalue weighted by Crippen LogP contribution is -2.52. The van der Waals surface area contributed by atoms with E-state index in [9.17, 15) is 55.5 Å². The van der Waals surface area contributed by atoms with Crippen molar-refractivity contribution in [1.82, 2.24) is 26.1 Å². The van der Waals surface area contributed by atoms with Crippen molar-refractivity contribution in [3.8, 4) is 46.5 Å². The molecule has 18 N–H and O–H groups in total. The molecule has 0 bridgehead atoms. The molecule has 0 radical (unpaired) electrons. The van der Waals surface area contributed by atoms with E-state index in [2.05, 4.69) is 83.7 Å². The standard InChI is InChI=1S/C24H20BrClN2O5.2C24H22BrClN2O4.C24H19BrClNO6.ClH.H3N/c1-32-22-19-15(11-16(26)28-22)33-24(13-7-9-14(25)10-8-13)18(12-5-3-2-4-6-12)17(21(27)30)20(29)23(19,24)31;2*1-31-22-20-17(11-18(26)28-22)32-24(14-7-9-15(25)10-8-14)19(13-5-3-2-4-6-13)16(12-27)21(29)23(20,24)30;1-32-21-19-15(11-16(26)27-21)33-24(13-7-9-14(25)10-8-13)18(12-5-3-2-4-6-12)17(22(29)30)20(28)23(19,24)31;;/h2-11,17-18,20,29,31H,1H3,(H2,27,30);2*2-11,16,19,21,29-30H,12,27H2,1H3;2-11,17-18,20,28,31H,1H3,(H,29,30);1H;1H3/t17-,18-,20-,23+,24+;2*16-,19-,21-,23+,24+;17-,18-,20-,23+,24+;;/m1111../s1. The van der Waals surface area contributed by atoms with Gasteiger partial charge in [-0.05, 0) is 106 Å². The van der Waals surface area contributed by atoms with E-state index in [0.29, 0.717) is 44.9 Å². The van der Waals surface area contributed by atoms with Crippen LogP contribution in [0.5, 0.6) is 46.5 Å².